The number of nitrogens with one attached hydrogen (secondary N) is 1. The van der Waals surface area contributed by atoms with Crippen molar-refractivity contribution in [2.75, 3.05) is 20.6 Å². The molecule has 1 atom stereocenters. The molecule has 84 valence electrons. The van der Waals surface area contributed by atoms with E-state index in [-0.39, 0.29) is 6.54 Å². The predicted molar refractivity (Wildman–Crippen MR) is 49.5 cm³/mol. The van der Waals surface area contributed by atoms with Crippen LogP contribution in [0.4, 0.5) is 13.2 Å². The van der Waals surface area contributed by atoms with E-state index in [0.717, 1.165) is 6.92 Å². The smallest absolute Gasteiger partial charge is 0.403 e. The molecule has 0 aliphatic carbocycles. The third-order valence-corrected chi connectivity index (χ3v) is 2.08. The molecule has 0 heterocycles. The summed E-state index contributed by atoms with van der Waals surface area (Å²) in [6.07, 6.45) is -2.94. The fourth-order valence-corrected chi connectivity index (χ4v) is 0.871. The second kappa shape index (κ2) is 5.09. The van der Waals surface area contributed by atoms with Crippen LogP contribution >= 0.6 is 0 Å². The Kier molecular flexibility index (Phi) is 4.76. The topological polar surface area (TPSA) is 41.3 Å². The van der Waals surface area contributed by atoms with Crippen LogP contribution in [0.25, 0.3) is 0 Å². The number of rotatable bonds is 4. The first-order chi connectivity index (χ1) is 6.32. The maximum Gasteiger partial charge on any atom is 0.403 e. The summed E-state index contributed by atoms with van der Waals surface area (Å²) in [5.74, 6) is 0. The van der Waals surface area contributed by atoms with Crippen molar-refractivity contribution in [3.8, 4) is 0 Å². The van der Waals surface area contributed by atoms with Crippen molar-refractivity contribution in [2.45, 2.75) is 19.1 Å². The largest absolute Gasteiger partial charge is 0.403 e. The van der Waals surface area contributed by atoms with Gasteiger partial charge in [0.1, 0.15) is 6.04 Å². The lowest BCUT2D eigenvalue weighted by atomic mass is 10.2. The van der Waals surface area contributed by atoms with Gasteiger partial charge in [-0.2, -0.15) is 13.2 Å². The molecule has 0 rings (SSSR count). The van der Waals surface area contributed by atoms with Gasteiger partial charge in [0.05, 0.1) is 0 Å². The van der Waals surface area contributed by atoms with Gasteiger partial charge in [0.25, 0.3) is 0 Å². The number of hydrogen-bond donors (Lipinski definition) is 2. The number of hydrogen-bond acceptors (Lipinski definition) is 3. The van der Waals surface area contributed by atoms with Gasteiger partial charge < -0.3 is 11.1 Å². The monoisotopic (exact) mass is 211 g/mol. The quantitative estimate of drug-likeness (QED) is 0.725. The van der Waals surface area contributed by atoms with Crippen LogP contribution in [0.1, 0.15) is 6.92 Å². The van der Waals surface area contributed by atoms with E-state index in [4.69, 9.17) is 5.73 Å². The number of likely N-dealkylation sites (N-methyl/N-ethyl adjacent to an activating group) is 2. The first kappa shape index (κ1) is 13.1. The molecule has 0 fully saturated rings. The number of alkyl halides is 3. The third kappa shape index (κ3) is 3.87. The van der Waals surface area contributed by atoms with Crippen molar-refractivity contribution in [1.82, 2.24) is 10.2 Å². The summed E-state index contributed by atoms with van der Waals surface area (Å²) in [6, 6.07) is -1.48. The first-order valence-corrected chi connectivity index (χ1v) is 4.18. The molecule has 0 bridgehead atoms. The van der Waals surface area contributed by atoms with Gasteiger partial charge in [0.2, 0.25) is 0 Å². The van der Waals surface area contributed by atoms with Crippen LogP contribution in [0.15, 0.2) is 11.9 Å². The molecule has 0 radical (unpaired) electrons. The van der Waals surface area contributed by atoms with E-state index in [1.54, 1.807) is 7.05 Å². The minimum atomic E-state index is -4.21. The zero-order valence-corrected chi connectivity index (χ0v) is 8.52. The van der Waals surface area contributed by atoms with E-state index in [1.807, 2.05) is 0 Å². The summed E-state index contributed by atoms with van der Waals surface area (Å²) in [5.41, 5.74) is 5.77. The standard InChI is InChI=1S/C8H16F3N3/c1-6(8(9,10)11)14(3)5-7(4-12)13-2/h4,6,13H,5,12H2,1-3H3/b7-4+. The van der Waals surface area contributed by atoms with E-state index in [1.165, 1.54) is 18.1 Å². The van der Waals surface area contributed by atoms with Crippen LogP contribution in [-0.2, 0) is 0 Å². The van der Waals surface area contributed by atoms with Gasteiger partial charge in [0.15, 0.2) is 0 Å². The average Bonchev–Trinajstić information content (AvgIpc) is 2.11. The number of nitrogens with two attached hydrogens (primary N) is 1. The van der Waals surface area contributed by atoms with Gasteiger partial charge in [-0.25, -0.2) is 0 Å². The first-order valence-electron chi connectivity index (χ1n) is 4.18. The van der Waals surface area contributed by atoms with Crippen LogP contribution in [-0.4, -0.2) is 37.8 Å². The Bertz CT molecular complexity index is 200. The van der Waals surface area contributed by atoms with Crippen LogP contribution in [0.3, 0.4) is 0 Å². The van der Waals surface area contributed by atoms with Gasteiger partial charge in [-0.1, -0.05) is 0 Å². The number of halogens is 3. The average molecular weight is 211 g/mol. The molecule has 3 N–H and O–H groups in total. The van der Waals surface area contributed by atoms with Crippen molar-refractivity contribution in [2.24, 2.45) is 5.73 Å². The Morgan fingerprint density at radius 2 is 2.07 bits per heavy atom. The van der Waals surface area contributed by atoms with E-state index in [2.05, 4.69) is 5.32 Å². The van der Waals surface area contributed by atoms with Crippen LogP contribution in [0.2, 0.25) is 0 Å². The second-order valence-corrected chi connectivity index (χ2v) is 3.07. The highest BCUT2D eigenvalue weighted by Crippen LogP contribution is 2.23. The van der Waals surface area contributed by atoms with Crippen LogP contribution < -0.4 is 11.1 Å². The molecular formula is C8H16F3N3. The molecule has 3 nitrogen and oxygen atoms in total. The fraction of sp³-hybridized carbons (Fsp3) is 0.750. The van der Waals surface area contributed by atoms with Crippen LogP contribution in [0, 0.1) is 0 Å². The molecule has 0 saturated heterocycles. The third-order valence-electron chi connectivity index (χ3n) is 2.08. The summed E-state index contributed by atoms with van der Waals surface area (Å²) in [4.78, 5) is 1.18. The Morgan fingerprint density at radius 3 is 2.36 bits per heavy atom. The minimum absolute atomic E-state index is 0.147. The maximum atomic E-state index is 12.2. The summed E-state index contributed by atoms with van der Waals surface area (Å²) in [5, 5.41) is 2.72. The minimum Gasteiger partial charge on any atom is -0.403 e. The van der Waals surface area contributed by atoms with Crippen molar-refractivity contribution >= 4 is 0 Å². The fourth-order valence-electron chi connectivity index (χ4n) is 0.871. The summed E-state index contributed by atoms with van der Waals surface area (Å²) < 4.78 is 36.7. The zero-order valence-electron chi connectivity index (χ0n) is 8.52. The number of nitrogens with zero attached hydrogens (tertiary/aromatic N) is 1. The molecule has 0 saturated carbocycles. The Labute approximate surface area is 81.8 Å². The lowest BCUT2D eigenvalue weighted by Crippen LogP contribution is -2.43. The molecule has 6 heteroatoms. The van der Waals surface area contributed by atoms with Crippen molar-refractivity contribution in [3.63, 3.8) is 0 Å². The van der Waals surface area contributed by atoms with Crippen molar-refractivity contribution in [1.29, 1.82) is 0 Å². The molecular weight excluding hydrogens is 195 g/mol. The molecule has 0 aromatic rings. The summed E-state index contributed by atoms with van der Waals surface area (Å²) in [6.45, 7) is 1.26. The molecule has 0 aromatic carbocycles. The SMILES string of the molecule is CN/C(=C/N)CN(C)C(C)C(F)(F)F. The lowest BCUT2D eigenvalue weighted by molar-refractivity contribution is -0.174. The zero-order chi connectivity index (χ0) is 11.4. The Balaban J connectivity index is 4.28. The van der Waals surface area contributed by atoms with Crippen molar-refractivity contribution < 1.29 is 13.2 Å². The molecule has 0 aliphatic heterocycles. The molecule has 0 aromatic heterocycles. The maximum absolute atomic E-state index is 12.2. The van der Waals surface area contributed by atoms with E-state index in [9.17, 15) is 13.2 Å². The summed E-state index contributed by atoms with van der Waals surface area (Å²) >= 11 is 0. The molecule has 1 unspecified atom stereocenters. The Hall–Kier alpha value is -0.910. The van der Waals surface area contributed by atoms with Gasteiger partial charge >= 0.3 is 6.18 Å². The Morgan fingerprint density at radius 1 is 1.57 bits per heavy atom. The highest BCUT2D eigenvalue weighted by atomic mass is 19.4. The molecule has 0 spiro atoms. The van der Waals surface area contributed by atoms with Crippen molar-refractivity contribution in [3.05, 3.63) is 11.9 Å². The van der Waals surface area contributed by atoms with Gasteiger partial charge in [-0.3, -0.25) is 4.90 Å². The molecule has 0 aliphatic rings. The van der Waals surface area contributed by atoms with Crippen LogP contribution in [0.5, 0.6) is 0 Å². The normalized spacial score (nSPS) is 15.8. The summed E-state index contributed by atoms with van der Waals surface area (Å²) in [7, 11) is 3.02. The lowest BCUT2D eigenvalue weighted by Gasteiger charge is -2.27. The van der Waals surface area contributed by atoms with E-state index < -0.39 is 12.2 Å². The highest BCUT2D eigenvalue weighted by molar-refractivity contribution is 4.99. The highest BCUT2D eigenvalue weighted by Gasteiger charge is 2.38. The van der Waals surface area contributed by atoms with E-state index >= 15 is 0 Å². The van der Waals surface area contributed by atoms with Gasteiger partial charge in [0, 0.05) is 25.5 Å². The van der Waals surface area contributed by atoms with Gasteiger partial charge in [-0.15, -0.1) is 0 Å². The predicted octanol–water partition coefficient (Wildman–Crippen LogP) is 0.888. The second-order valence-electron chi connectivity index (χ2n) is 3.07. The molecule has 14 heavy (non-hydrogen) atoms. The molecule has 0 amide bonds. The van der Waals surface area contributed by atoms with Gasteiger partial charge in [-0.05, 0) is 14.0 Å². The van der Waals surface area contributed by atoms with E-state index in [0.29, 0.717) is 5.70 Å².